The van der Waals surface area contributed by atoms with E-state index in [1.54, 1.807) is 12.1 Å². The molecule has 1 aromatic rings. The average molecular weight is 268 g/mol. The van der Waals surface area contributed by atoms with Gasteiger partial charge in [0.1, 0.15) is 12.0 Å². The summed E-state index contributed by atoms with van der Waals surface area (Å²) >= 11 is 0. The van der Waals surface area contributed by atoms with Gasteiger partial charge < -0.3 is 10.6 Å². The molecule has 3 nitrogen and oxygen atoms in total. The molecule has 0 radical (unpaired) electrons. The van der Waals surface area contributed by atoms with Crippen LogP contribution in [0.2, 0.25) is 0 Å². The number of amides is 1. The summed E-state index contributed by atoms with van der Waals surface area (Å²) in [6.07, 6.45) is -0.569. The van der Waals surface area contributed by atoms with E-state index in [0.717, 1.165) is 5.56 Å². The van der Waals surface area contributed by atoms with Gasteiger partial charge in [0.2, 0.25) is 5.91 Å². The van der Waals surface area contributed by atoms with Crippen LogP contribution >= 0.6 is 0 Å². The summed E-state index contributed by atoms with van der Waals surface area (Å²) in [7, 11) is 0. The Labute approximate surface area is 111 Å². The summed E-state index contributed by atoms with van der Waals surface area (Å²) in [4.78, 5) is 13.6. The van der Waals surface area contributed by atoms with Gasteiger partial charge in [0, 0.05) is 12.5 Å². The zero-order valence-electron chi connectivity index (χ0n) is 10.9. The Morgan fingerprint density at radius 1 is 1.42 bits per heavy atom. The van der Waals surface area contributed by atoms with Crippen LogP contribution in [-0.4, -0.2) is 36.1 Å². The highest BCUT2D eigenvalue weighted by Gasteiger charge is 2.31. The maximum Gasteiger partial charge on any atom is 0.240 e. The van der Waals surface area contributed by atoms with E-state index in [-0.39, 0.29) is 24.2 Å². The molecule has 3 unspecified atom stereocenters. The molecule has 0 aromatic heterocycles. The number of carbonyl (C=O) groups excluding carboxylic acids is 1. The van der Waals surface area contributed by atoms with Crippen molar-refractivity contribution in [3.8, 4) is 0 Å². The molecule has 1 aromatic carbocycles. The number of nitrogens with zero attached hydrogens (tertiary/aromatic N) is 1. The smallest absolute Gasteiger partial charge is 0.240 e. The third-order valence-electron chi connectivity index (χ3n) is 3.66. The molecule has 3 atom stereocenters. The van der Waals surface area contributed by atoms with Crippen molar-refractivity contribution in [2.75, 3.05) is 13.1 Å². The standard InChI is InChI=1S/C14H18F2N2O/c1-9(10-2-4-11(15)5-3-10)13(17)14(19)18-7-6-12(16)8-18/h2-5,9,12-13H,6-8,17H2,1H3. The Morgan fingerprint density at radius 2 is 2.05 bits per heavy atom. The first kappa shape index (κ1) is 13.9. The van der Waals surface area contributed by atoms with E-state index < -0.39 is 12.2 Å². The van der Waals surface area contributed by atoms with Crippen LogP contribution in [-0.2, 0) is 4.79 Å². The second-order valence-corrected chi connectivity index (χ2v) is 5.04. The third kappa shape index (κ3) is 3.10. The third-order valence-corrected chi connectivity index (χ3v) is 3.66. The van der Waals surface area contributed by atoms with Gasteiger partial charge in [-0.1, -0.05) is 19.1 Å². The minimum Gasteiger partial charge on any atom is -0.338 e. The van der Waals surface area contributed by atoms with E-state index >= 15 is 0 Å². The van der Waals surface area contributed by atoms with Crippen LogP contribution in [0.3, 0.4) is 0 Å². The van der Waals surface area contributed by atoms with Gasteiger partial charge in [0.15, 0.2) is 0 Å². The lowest BCUT2D eigenvalue weighted by Crippen LogP contribution is -2.45. The van der Waals surface area contributed by atoms with Crippen molar-refractivity contribution in [2.45, 2.75) is 31.5 Å². The first-order valence-electron chi connectivity index (χ1n) is 6.43. The number of halogens is 2. The van der Waals surface area contributed by atoms with Crippen molar-refractivity contribution in [1.82, 2.24) is 4.90 Å². The van der Waals surface area contributed by atoms with Crippen LogP contribution in [0.4, 0.5) is 8.78 Å². The van der Waals surface area contributed by atoms with Gasteiger partial charge in [0.25, 0.3) is 0 Å². The van der Waals surface area contributed by atoms with Crippen molar-refractivity contribution >= 4 is 5.91 Å². The molecule has 1 amide bonds. The van der Waals surface area contributed by atoms with E-state index in [4.69, 9.17) is 5.73 Å². The maximum absolute atomic E-state index is 13.1. The molecule has 1 aliphatic rings. The zero-order chi connectivity index (χ0) is 14.0. The summed E-state index contributed by atoms with van der Waals surface area (Å²) in [6, 6.07) is 5.20. The molecule has 2 N–H and O–H groups in total. The molecule has 1 fully saturated rings. The Kier molecular flexibility index (Phi) is 4.14. The van der Waals surface area contributed by atoms with Crippen molar-refractivity contribution in [3.05, 3.63) is 35.6 Å². The van der Waals surface area contributed by atoms with Gasteiger partial charge >= 0.3 is 0 Å². The second kappa shape index (κ2) is 5.65. The fraction of sp³-hybridized carbons (Fsp3) is 0.500. The summed E-state index contributed by atoms with van der Waals surface area (Å²) in [5.74, 6) is -0.792. The van der Waals surface area contributed by atoms with E-state index in [9.17, 15) is 13.6 Å². The van der Waals surface area contributed by atoms with E-state index in [2.05, 4.69) is 0 Å². The summed E-state index contributed by atoms with van der Waals surface area (Å²) in [6.45, 7) is 2.37. The Morgan fingerprint density at radius 3 is 2.58 bits per heavy atom. The van der Waals surface area contributed by atoms with Crippen LogP contribution in [0, 0.1) is 5.82 Å². The molecule has 19 heavy (non-hydrogen) atoms. The lowest BCUT2D eigenvalue weighted by molar-refractivity contribution is -0.132. The van der Waals surface area contributed by atoms with Crippen LogP contribution in [0.25, 0.3) is 0 Å². The highest BCUT2D eigenvalue weighted by Crippen LogP contribution is 2.21. The topological polar surface area (TPSA) is 46.3 Å². The lowest BCUT2D eigenvalue weighted by atomic mass is 9.93. The number of hydrogen-bond acceptors (Lipinski definition) is 2. The van der Waals surface area contributed by atoms with Crippen molar-refractivity contribution < 1.29 is 13.6 Å². The molecule has 0 saturated carbocycles. The molecular formula is C14H18F2N2O. The molecule has 0 aliphatic carbocycles. The van der Waals surface area contributed by atoms with Gasteiger partial charge in [-0.15, -0.1) is 0 Å². The maximum atomic E-state index is 13.1. The van der Waals surface area contributed by atoms with Crippen LogP contribution in [0.15, 0.2) is 24.3 Å². The zero-order valence-corrected chi connectivity index (χ0v) is 10.9. The second-order valence-electron chi connectivity index (χ2n) is 5.04. The number of likely N-dealkylation sites (tertiary alicyclic amines) is 1. The molecular weight excluding hydrogens is 250 g/mol. The number of carbonyl (C=O) groups is 1. The molecule has 104 valence electrons. The lowest BCUT2D eigenvalue weighted by Gasteiger charge is -2.24. The van der Waals surface area contributed by atoms with Gasteiger partial charge in [-0.05, 0) is 24.1 Å². The summed E-state index contributed by atoms with van der Waals surface area (Å²) < 4.78 is 25.9. The van der Waals surface area contributed by atoms with Crippen LogP contribution in [0.1, 0.15) is 24.8 Å². The predicted octanol–water partition coefficient (Wildman–Crippen LogP) is 1.83. The number of nitrogens with two attached hydrogens (primary N) is 1. The number of alkyl halides is 1. The highest BCUT2D eigenvalue weighted by atomic mass is 19.1. The van der Waals surface area contributed by atoms with Gasteiger partial charge in [-0.2, -0.15) is 0 Å². The molecule has 1 saturated heterocycles. The fourth-order valence-corrected chi connectivity index (χ4v) is 2.32. The Balaban J connectivity index is 2.04. The van der Waals surface area contributed by atoms with Gasteiger partial charge in [0.05, 0.1) is 12.6 Å². The summed E-state index contributed by atoms with van der Waals surface area (Å²) in [5.41, 5.74) is 6.75. The van der Waals surface area contributed by atoms with E-state index in [0.29, 0.717) is 13.0 Å². The molecule has 0 bridgehead atoms. The average Bonchev–Trinajstić information content (AvgIpc) is 2.84. The SMILES string of the molecule is CC(c1ccc(F)cc1)C(N)C(=O)N1CCC(F)C1. The van der Waals surface area contributed by atoms with Gasteiger partial charge in [-0.25, -0.2) is 8.78 Å². The molecule has 1 aliphatic heterocycles. The van der Waals surface area contributed by atoms with Crippen LogP contribution in [0.5, 0.6) is 0 Å². The number of hydrogen-bond donors (Lipinski definition) is 1. The molecule has 2 rings (SSSR count). The fourth-order valence-electron chi connectivity index (χ4n) is 2.32. The first-order valence-corrected chi connectivity index (χ1v) is 6.43. The minimum absolute atomic E-state index is 0.128. The van der Waals surface area contributed by atoms with Crippen molar-refractivity contribution in [2.24, 2.45) is 5.73 Å². The van der Waals surface area contributed by atoms with Crippen molar-refractivity contribution in [1.29, 1.82) is 0 Å². The van der Waals surface area contributed by atoms with Crippen LogP contribution < -0.4 is 5.73 Å². The normalized spacial score (nSPS) is 22.3. The number of benzene rings is 1. The highest BCUT2D eigenvalue weighted by molar-refractivity contribution is 5.83. The quantitative estimate of drug-likeness (QED) is 0.909. The predicted molar refractivity (Wildman–Crippen MR) is 68.9 cm³/mol. The molecule has 0 spiro atoms. The van der Waals surface area contributed by atoms with Gasteiger partial charge in [-0.3, -0.25) is 4.79 Å². The molecule has 5 heteroatoms. The number of rotatable bonds is 3. The molecule has 1 heterocycles. The first-order chi connectivity index (χ1) is 8.99. The van der Waals surface area contributed by atoms with E-state index in [1.807, 2.05) is 6.92 Å². The van der Waals surface area contributed by atoms with E-state index in [1.165, 1.54) is 17.0 Å². The van der Waals surface area contributed by atoms with Crippen molar-refractivity contribution in [3.63, 3.8) is 0 Å². The Bertz CT molecular complexity index is 449. The largest absolute Gasteiger partial charge is 0.338 e. The minimum atomic E-state index is -0.947. The Hall–Kier alpha value is -1.49. The monoisotopic (exact) mass is 268 g/mol. The summed E-state index contributed by atoms with van der Waals surface area (Å²) in [5, 5.41) is 0.